The van der Waals surface area contributed by atoms with Gasteiger partial charge in [-0.1, -0.05) is 18.2 Å². The molecule has 2 amide bonds. The highest BCUT2D eigenvalue weighted by Gasteiger charge is 2.23. The van der Waals surface area contributed by atoms with E-state index in [1.807, 2.05) is 18.2 Å². The number of carbonyl (C=O) groups excluding carboxylic acids is 2. The van der Waals surface area contributed by atoms with Crippen LogP contribution >= 0.6 is 24.0 Å². The van der Waals surface area contributed by atoms with Gasteiger partial charge in [0.15, 0.2) is 5.11 Å². The zero-order chi connectivity index (χ0) is 16.2. The number of thiocarbonyl (C=S) groups is 1. The third-order valence-electron chi connectivity index (χ3n) is 3.65. The minimum absolute atomic E-state index is 0.0124. The Morgan fingerprint density at radius 2 is 2.26 bits per heavy atom. The predicted molar refractivity (Wildman–Crippen MR) is 94.7 cm³/mol. The molecule has 7 heteroatoms. The Balaban J connectivity index is 1.59. The van der Waals surface area contributed by atoms with Gasteiger partial charge in [0.25, 0.3) is 5.91 Å². The quantitative estimate of drug-likeness (QED) is 0.576. The summed E-state index contributed by atoms with van der Waals surface area (Å²) in [5, 5.41) is 8.64. The Hall–Kier alpha value is -2.12. The molecule has 1 aromatic carbocycles. The third kappa shape index (κ3) is 3.62. The fourth-order valence-corrected chi connectivity index (χ4v) is 3.80. The molecule has 23 heavy (non-hydrogen) atoms. The van der Waals surface area contributed by atoms with E-state index >= 15 is 0 Å². The van der Waals surface area contributed by atoms with E-state index in [1.54, 1.807) is 18.0 Å². The Labute approximate surface area is 143 Å². The van der Waals surface area contributed by atoms with Gasteiger partial charge < -0.3 is 16.0 Å². The number of benzene rings is 1. The van der Waals surface area contributed by atoms with Gasteiger partial charge in [-0.05, 0) is 41.9 Å². The van der Waals surface area contributed by atoms with Crippen LogP contribution in [-0.2, 0) is 11.3 Å². The van der Waals surface area contributed by atoms with E-state index in [9.17, 15) is 9.59 Å². The fraction of sp³-hybridized carbons (Fsp3) is 0.188. The first-order valence-electron chi connectivity index (χ1n) is 7.12. The van der Waals surface area contributed by atoms with Crippen LogP contribution in [0, 0.1) is 0 Å². The second-order valence-electron chi connectivity index (χ2n) is 5.12. The average molecular weight is 345 g/mol. The van der Waals surface area contributed by atoms with Crippen molar-refractivity contribution in [3.05, 3.63) is 58.1 Å². The molecule has 1 atom stereocenters. The second-order valence-corrected chi connectivity index (χ2v) is 6.80. The molecule has 2 heterocycles. The second kappa shape index (κ2) is 6.97. The summed E-state index contributed by atoms with van der Waals surface area (Å²) >= 11 is 6.65. The van der Waals surface area contributed by atoms with E-state index in [4.69, 9.17) is 12.2 Å². The normalized spacial score (nSPS) is 19.2. The summed E-state index contributed by atoms with van der Waals surface area (Å²) in [6.07, 6.45) is 7.30. The lowest BCUT2D eigenvalue weighted by atomic mass is 10.0. The van der Waals surface area contributed by atoms with Crippen LogP contribution in [0.4, 0.5) is 0 Å². The lowest BCUT2D eigenvalue weighted by Crippen LogP contribution is -2.30. The van der Waals surface area contributed by atoms with E-state index in [-0.39, 0.29) is 11.0 Å². The van der Waals surface area contributed by atoms with Crippen LogP contribution in [0.1, 0.15) is 33.2 Å². The van der Waals surface area contributed by atoms with Gasteiger partial charge in [0.1, 0.15) is 0 Å². The molecule has 0 fully saturated rings. The maximum absolute atomic E-state index is 11.6. The van der Waals surface area contributed by atoms with Crippen LogP contribution in [0.25, 0.3) is 0 Å². The van der Waals surface area contributed by atoms with E-state index in [0.717, 1.165) is 22.5 Å². The molecule has 0 bridgehead atoms. The zero-order valence-electron chi connectivity index (χ0n) is 12.2. The fourth-order valence-electron chi connectivity index (χ4n) is 2.54. The van der Waals surface area contributed by atoms with Crippen LogP contribution in [0.15, 0.2) is 41.5 Å². The summed E-state index contributed by atoms with van der Waals surface area (Å²) in [6, 6.07) is 6.06. The van der Waals surface area contributed by atoms with Crippen LogP contribution in [0.2, 0.25) is 0 Å². The molecule has 0 aliphatic carbocycles. The maximum atomic E-state index is 11.6. The van der Waals surface area contributed by atoms with Crippen molar-refractivity contribution in [2.75, 3.05) is 0 Å². The summed E-state index contributed by atoms with van der Waals surface area (Å²) in [4.78, 5) is 23.0. The maximum Gasteiger partial charge on any atom is 0.251 e. The van der Waals surface area contributed by atoms with Crippen LogP contribution in [0.5, 0.6) is 0 Å². The van der Waals surface area contributed by atoms with Gasteiger partial charge in [0.05, 0.1) is 0 Å². The number of carbonyl (C=O) groups is 2. The molecule has 118 valence electrons. The van der Waals surface area contributed by atoms with Crippen molar-refractivity contribution in [1.29, 1.82) is 0 Å². The highest BCUT2D eigenvalue weighted by Crippen LogP contribution is 2.44. The van der Waals surface area contributed by atoms with Crippen molar-refractivity contribution in [2.45, 2.75) is 18.2 Å². The summed E-state index contributed by atoms with van der Waals surface area (Å²) in [5.41, 5.74) is 3.09. The Morgan fingerprint density at radius 1 is 1.39 bits per heavy atom. The van der Waals surface area contributed by atoms with Crippen LogP contribution < -0.4 is 16.0 Å². The van der Waals surface area contributed by atoms with Gasteiger partial charge in [-0.25, -0.2) is 0 Å². The first-order chi connectivity index (χ1) is 11.2. The number of amides is 2. The van der Waals surface area contributed by atoms with Gasteiger partial charge in [-0.15, -0.1) is 11.8 Å². The minimum Gasteiger partial charge on any atom is -0.348 e. The van der Waals surface area contributed by atoms with Gasteiger partial charge >= 0.3 is 0 Å². The molecule has 5 nitrogen and oxygen atoms in total. The van der Waals surface area contributed by atoms with E-state index in [0.29, 0.717) is 18.2 Å². The van der Waals surface area contributed by atoms with Crippen LogP contribution in [0.3, 0.4) is 0 Å². The summed E-state index contributed by atoms with van der Waals surface area (Å²) in [7, 11) is 0. The van der Waals surface area contributed by atoms with Gasteiger partial charge in [-0.3, -0.25) is 9.59 Å². The van der Waals surface area contributed by atoms with Crippen LogP contribution in [-0.4, -0.2) is 17.4 Å². The Kier molecular flexibility index (Phi) is 4.78. The lowest BCUT2D eigenvalue weighted by Gasteiger charge is -2.11. The molecule has 0 spiro atoms. The number of nitrogens with one attached hydrogen (secondary N) is 3. The number of fused-ring (bicyclic) bond motifs is 1. The number of rotatable bonds is 4. The molecule has 0 saturated carbocycles. The zero-order valence-corrected chi connectivity index (χ0v) is 13.8. The standard InChI is InChI=1S/C16H15N3O2S2/c20-9-19-16(22)17-6-5-12-2-4-14(23-12)10-1-3-13-11(7-10)8-18-15(13)21/h1-3,5-7,9,14H,4,8H2,(H,18,21)(H2,17,19,20,22)/b6-5+. The first kappa shape index (κ1) is 15.8. The van der Waals surface area contributed by atoms with Crippen molar-refractivity contribution in [1.82, 2.24) is 16.0 Å². The van der Waals surface area contributed by atoms with E-state index in [2.05, 4.69) is 28.1 Å². The largest absolute Gasteiger partial charge is 0.348 e. The molecule has 0 radical (unpaired) electrons. The minimum atomic E-state index is 0.0124. The molecular formula is C16H15N3O2S2. The number of allylic oxidation sites excluding steroid dienone is 2. The molecule has 2 aliphatic heterocycles. The SMILES string of the molecule is O=CNC(=S)N/C=C/C1=CCC(c2ccc3c(c2)CNC3=O)S1. The summed E-state index contributed by atoms with van der Waals surface area (Å²) < 4.78 is 0. The summed E-state index contributed by atoms with van der Waals surface area (Å²) in [5.74, 6) is 0.0124. The average Bonchev–Trinajstić information content (AvgIpc) is 3.15. The molecule has 0 aromatic heterocycles. The first-order valence-corrected chi connectivity index (χ1v) is 8.41. The topological polar surface area (TPSA) is 70.2 Å². The molecule has 1 unspecified atom stereocenters. The highest BCUT2D eigenvalue weighted by atomic mass is 32.2. The number of hydrogen-bond acceptors (Lipinski definition) is 4. The smallest absolute Gasteiger partial charge is 0.251 e. The number of thioether (sulfide) groups is 1. The van der Waals surface area contributed by atoms with Crippen molar-refractivity contribution in [3.63, 3.8) is 0 Å². The van der Waals surface area contributed by atoms with Crippen molar-refractivity contribution >= 4 is 41.4 Å². The molecular weight excluding hydrogens is 330 g/mol. The predicted octanol–water partition coefficient (Wildman–Crippen LogP) is 2.13. The van der Waals surface area contributed by atoms with Crippen molar-refractivity contribution in [3.8, 4) is 0 Å². The van der Waals surface area contributed by atoms with Gasteiger partial charge in [-0.2, -0.15) is 0 Å². The van der Waals surface area contributed by atoms with Crippen molar-refractivity contribution < 1.29 is 9.59 Å². The molecule has 1 aromatic rings. The third-order valence-corrected chi connectivity index (χ3v) is 5.21. The van der Waals surface area contributed by atoms with Gasteiger partial charge in [0, 0.05) is 28.5 Å². The molecule has 0 saturated heterocycles. The lowest BCUT2D eigenvalue weighted by molar-refractivity contribution is -0.108. The van der Waals surface area contributed by atoms with E-state index < -0.39 is 0 Å². The highest BCUT2D eigenvalue weighted by molar-refractivity contribution is 8.03. The monoisotopic (exact) mass is 345 g/mol. The van der Waals surface area contributed by atoms with Crippen molar-refractivity contribution in [2.24, 2.45) is 0 Å². The van der Waals surface area contributed by atoms with Gasteiger partial charge in [0.2, 0.25) is 6.41 Å². The Bertz CT molecular complexity index is 728. The number of hydrogen-bond donors (Lipinski definition) is 3. The molecule has 2 aliphatic rings. The summed E-state index contributed by atoms with van der Waals surface area (Å²) in [6.45, 7) is 0.616. The molecule has 3 N–H and O–H groups in total. The molecule has 3 rings (SSSR count). The van der Waals surface area contributed by atoms with E-state index in [1.165, 1.54) is 5.56 Å². The Morgan fingerprint density at radius 3 is 3.09 bits per heavy atom.